The summed E-state index contributed by atoms with van der Waals surface area (Å²) in [5.41, 5.74) is 1.95. The van der Waals surface area contributed by atoms with Gasteiger partial charge in [-0.2, -0.15) is 5.10 Å². The van der Waals surface area contributed by atoms with Crippen LogP contribution in [0.1, 0.15) is 48.2 Å². The molecular formula is C10H14N2O. The number of nitrogens with zero attached hydrogens (tertiary/aromatic N) is 2. The van der Waals surface area contributed by atoms with Crippen molar-refractivity contribution in [1.82, 2.24) is 9.78 Å². The predicted molar refractivity (Wildman–Crippen MR) is 49.8 cm³/mol. The van der Waals surface area contributed by atoms with Gasteiger partial charge in [0.05, 0.1) is 17.5 Å². The van der Waals surface area contributed by atoms with E-state index in [-0.39, 0.29) is 5.78 Å². The average molecular weight is 178 g/mol. The van der Waals surface area contributed by atoms with Crippen molar-refractivity contribution in [2.75, 3.05) is 0 Å². The van der Waals surface area contributed by atoms with Gasteiger partial charge in [0.2, 0.25) is 0 Å². The third-order valence-electron chi connectivity index (χ3n) is 2.86. The molecule has 0 atom stereocenters. The van der Waals surface area contributed by atoms with Gasteiger partial charge in [-0.1, -0.05) is 6.42 Å². The molecule has 0 N–H and O–H groups in total. The molecule has 3 heteroatoms. The van der Waals surface area contributed by atoms with Crippen molar-refractivity contribution in [2.45, 2.75) is 32.1 Å². The van der Waals surface area contributed by atoms with Gasteiger partial charge in [-0.3, -0.25) is 9.48 Å². The van der Waals surface area contributed by atoms with E-state index in [4.69, 9.17) is 0 Å². The maximum atomic E-state index is 11.3. The minimum atomic E-state index is 0.134. The van der Waals surface area contributed by atoms with Gasteiger partial charge >= 0.3 is 0 Å². The maximum absolute atomic E-state index is 11.3. The second-order valence-electron chi connectivity index (χ2n) is 3.75. The largest absolute Gasteiger partial charge is 0.294 e. The second-order valence-corrected chi connectivity index (χ2v) is 3.75. The van der Waals surface area contributed by atoms with Crippen LogP contribution in [0.5, 0.6) is 0 Å². The first-order chi connectivity index (χ1) is 6.20. The molecule has 1 aliphatic carbocycles. The molecule has 1 saturated carbocycles. The highest BCUT2D eigenvalue weighted by molar-refractivity contribution is 5.95. The fourth-order valence-electron chi connectivity index (χ4n) is 1.88. The summed E-state index contributed by atoms with van der Waals surface area (Å²) in [7, 11) is 1.92. The smallest absolute Gasteiger partial charge is 0.163 e. The number of rotatable bonds is 2. The third-order valence-corrected chi connectivity index (χ3v) is 2.86. The summed E-state index contributed by atoms with van der Waals surface area (Å²) in [6.45, 7) is 1.61. The Morgan fingerprint density at radius 1 is 1.62 bits per heavy atom. The molecule has 1 aromatic rings. The van der Waals surface area contributed by atoms with Crippen LogP contribution in [0.15, 0.2) is 6.20 Å². The quantitative estimate of drug-likeness (QED) is 0.648. The lowest BCUT2D eigenvalue weighted by atomic mass is 9.81. The first-order valence-corrected chi connectivity index (χ1v) is 4.73. The summed E-state index contributed by atoms with van der Waals surface area (Å²) >= 11 is 0. The molecule has 1 aliphatic rings. The molecule has 13 heavy (non-hydrogen) atoms. The monoisotopic (exact) mass is 178 g/mol. The Morgan fingerprint density at radius 2 is 2.31 bits per heavy atom. The van der Waals surface area contributed by atoms with Crippen LogP contribution in [0.25, 0.3) is 0 Å². The highest BCUT2D eigenvalue weighted by Crippen LogP contribution is 2.37. The van der Waals surface area contributed by atoms with Gasteiger partial charge in [0.15, 0.2) is 5.78 Å². The topological polar surface area (TPSA) is 34.9 Å². The maximum Gasteiger partial charge on any atom is 0.163 e. The Balaban J connectivity index is 2.39. The van der Waals surface area contributed by atoms with E-state index in [9.17, 15) is 4.79 Å². The predicted octanol–water partition coefficient (Wildman–Crippen LogP) is 1.89. The molecule has 0 saturated heterocycles. The van der Waals surface area contributed by atoms with E-state index in [0.717, 1.165) is 11.3 Å². The number of aryl methyl sites for hydroxylation is 1. The number of hydrogen-bond acceptors (Lipinski definition) is 2. The highest BCUT2D eigenvalue weighted by Gasteiger charge is 2.26. The zero-order chi connectivity index (χ0) is 9.42. The molecule has 70 valence electrons. The van der Waals surface area contributed by atoms with E-state index < -0.39 is 0 Å². The standard InChI is InChI=1S/C10H14N2O/c1-7(13)9-6-11-12(2)10(9)8-4-3-5-8/h6,8H,3-5H2,1-2H3. The first kappa shape index (κ1) is 8.48. The van der Waals surface area contributed by atoms with E-state index in [2.05, 4.69) is 5.10 Å². The van der Waals surface area contributed by atoms with Gasteiger partial charge in [0, 0.05) is 13.0 Å². The molecule has 0 aliphatic heterocycles. The lowest BCUT2D eigenvalue weighted by Crippen LogP contribution is -2.16. The normalized spacial score (nSPS) is 17.1. The summed E-state index contributed by atoms with van der Waals surface area (Å²) in [6.07, 6.45) is 5.39. The van der Waals surface area contributed by atoms with Gasteiger partial charge in [-0.15, -0.1) is 0 Å². The molecule has 0 spiro atoms. The molecule has 0 amide bonds. The summed E-state index contributed by atoms with van der Waals surface area (Å²) < 4.78 is 1.85. The van der Waals surface area contributed by atoms with Crippen LogP contribution in [-0.2, 0) is 7.05 Å². The summed E-state index contributed by atoms with van der Waals surface area (Å²) in [6, 6.07) is 0. The molecule has 2 rings (SSSR count). The van der Waals surface area contributed by atoms with Crippen molar-refractivity contribution in [3.63, 3.8) is 0 Å². The molecule has 0 aromatic carbocycles. The van der Waals surface area contributed by atoms with Crippen molar-refractivity contribution in [1.29, 1.82) is 0 Å². The first-order valence-electron chi connectivity index (χ1n) is 4.73. The molecule has 0 bridgehead atoms. The van der Waals surface area contributed by atoms with Crippen molar-refractivity contribution < 1.29 is 4.79 Å². The van der Waals surface area contributed by atoms with Crippen LogP contribution in [-0.4, -0.2) is 15.6 Å². The van der Waals surface area contributed by atoms with Crippen LogP contribution in [0, 0.1) is 0 Å². The van der Waals surface area contributed by atoms with Crippen molar-refractivity contribution in [3.8, 4) is 0 Å². The van der Waals surface area contributed by atoms with Gasteiger partial charge in [0.25, 0.3) is 0 Å². The van der Waals surface area contributed by atoms with E-state index in [1.807, 2.05) is 11.7 Å². The SMILES string of the molecule is CC(=O)c1cnn(C)c1C1CCC1. The minimum absolute atomic E-state index is 0.134. The van der Waals surface area contributed by atoms with Crippen LogP contribution in [0.3, 0.4) is 0 Å². The van der Waals surface area contributed by atoms with E-state index in [1.54, 1.807) is 13.1 Å². The summed E-state index contributed by atoms with van der Waals surface area (Å²) in [5, 5.41) is 4.14. The summed E-state index contributed by atoms with van der Waals surface area (Å²) in [4.78, 5) is 11.3. The van der Waals surface area contributed by atoms with Gasteiger partial charge in [-0.05, 0) is 19.8 Å². The Labute approximate surface area is 77.7 Å². The third kappa shape index (κ3) is 1.28. The second kappa shape index (κ2) is 2.98. The fraction of sp³-hybridized carbons (Fsp3) is 0.600. The molecular weight excluding hydrogens is 164 g/mol. The highest BCUT2D eigenvalue weighted by atomic mass is 16.1. The number of Topliss-reactive ketones (excluding diaryl/α,β-unsaturated/α-hetero) is 1. The average Bonchev–Trinajstić information content (AvgIpc) is 2.30. The fourth-order valence-corrected chi connectivity index (χ4v) is 1.88. The van der Waals surface area contributed by atoms with E-state index in [0.29, 0.717) is 5.92 Å². The van der Waals surface area contributed by atoms with Gasteiger partial charge in [0.1, 0.15) is 0 Å². The van der Waals surface area contributed by atoms with E-state index in [1.165, 1.54) is 19.3 Å². The molecule has 0 radical (unpaired) electrons. The molecule has 3 nitrogen and oxygen atoms in total. The van der Waals surface area contributed by atoms with Crippen LogP contribution < -0.4 is 0 Å². The van der Waals surface area contributed by atoms with Crippen molar-refractivity contribution >= 4 is 5.78 Å². The lowest BCUT2D eigenvalue weighted by molar-refractivity contribution is 0.101. The molecule has 0 unspecified atom stereocenters. The van der Waals surface area contributed by atoms with Gasteiger partial charge in [-0.25, -0.2) is 0 Å². The Bertz CT molecular complexity index is 337. The Hall–Kier alpha value is -1.12. The molecule has 1 heterocycles. The number of carbonyl (C=O) groups excluding carboxylic acids is 1. The van der Waals surface area contributed by atoms with Crippen LogP contribution >= 0.6 is 0 Å². The van der Waals surface area contributed by atoms with Crippen LogP contribution in [0.4, 0.5) is 0 Å². The molecule has 1 fully saturated rings. The number of hydrogen-bond donors (Lipinski definition) is 0. The van der Waals surface area contributed by atoms with Crippen molar-refractivity contribution in [3.05, 3.63) is 17.5 Å². The number of aromatic nitrogens is 2. The number of carbonyl (C=O) groups is 1. The minimum Gasteiger partial charge on any atom is -0.294 e. The van der Waals surface area contributed by atoms with Gasteiger partial charge < -0.3 is 0 Å². The van der Waals surface area contributed by atoms with Crippen molar-refractivity contribution in [2.24, 2.45) is 7.05 Å². The Morgan fingerprint density at radius 3 is 2.77 bits per heavy atom. The Kier molecular flexibility index (Phi) is 1.94. The zero-order valence-corrected chi connectivity index (χ0v) is 8.08. The van der Waals surface area contributed by atoms with E-state index >= 15 is 0 Å². The lowest BCUT2D eigenvalue weighted by Gasteiger charge is -2.26. The number of ketones is 1. The molecule has 1 aromatic heterocycles. The zero-order valence-electron chi connectivity index (χ0n) is 8.08. The summed E-state index contributed by atoms with van der Waals surface area (Å²) in [5.74, 6) is 0.710. The van der Waals surface area contributed by atoms with Crippen LogP contribution in [0.2, 0.25) is 0 Å².